The molecule has 8 bridgehead atoms. The summed E-state index contributed by atoms with van der Waals surface area (Å²) in [7, 11) is 0. The van der Waals surface area contributed by atoms with Crippen molar-refractivity contribution in [2.24, 2.45) is 47.3 Å². The Balaban J connectivity index is 0.933. The van der Waals surface area contributed by atoms with Gasteiger partial charge in [-0.25, -0.2) is 0 Å². The van der Waals surface area contributed by atoms with Crippen molar-refractivity contribution < 1.29 is 4.74 Å². The smallest absolute Gasteiger partial charge is 0.183 e. The van der Waals surface area contributed by atoms with E-state index in [1.165, 1.54) is 141 Å². The highest BCUT2D eigenvalue weighted by atomic mass is 16.5. The van der Waals surface area contributed by atoms with Crippen molar-refractivity contribution >= 4 is 56.7 Å². The lowest BCUT2D eigenvalue weighted by molar-refractivity contribution is 0.441. The summed E-state index contributed by atoms with van der Waals surface area (Å²) in [6, 6.07) is 29.6. The SMILES string of the molecule is c1ccc2c(c1)c(B(C1CC3CCC1C3)C1CC3CCC1C3)cc1c3cccc4c3c(cc21)-c1ccc(B(C2CC3CCC2C3)C2CC3CCC2C3)cc1O4. The van der Waals surface area contributed by atoms with E-state index in [0.717, 1.165) is 82.1 Å². The molecule has 276 valence electrons. The van der Waals surface area contributed by atoms with E-state index < -0.39 is 0 Å². The maximum absolute atomic E-state index is 7.13. The van der Waals surface area contributed by atoms with Gasteiger partial charge in [-0.1, -0.05) is 166 Å². The predicted molar refractivity (Wildman–Crippen MR) is 232 cm³/mol. The number of rotatable bonds is 6. The molecule has 8 saturated carbocycles. The average Bonchev–Trinajstić information content (AvgIpc) is 4.09. The van der Waals surface area contributed by atoms with E-state index in [9.17, 15) is 0 Å². The van der Waals surface area contributed by atoms with E-state index in [1.54, 1.807) is 16.3 Å². The molecule has 1 aliphatic heterocycles. The van der Waals surface area contributed by atoms with Crippen LogP contribution in [-0.4, -0.2) is 13.4 Å². The second kappa shape index (κ2) is 11.7. The molecule has 0 aromatic heterocycles. The summed E-state index contributed by atoms with van der Waals surface area (Å²) in [6.45, 7) is 1.42. The molecule has 0 spiro atoms. The number of fused-ring (bicyclic) bond motifs is 14. The first-order chi connectivity index (χ1) is 27.2. The summed E-state index contributed by atoms with van der Waals surface area (Å²) in [5.74, 6) is 13.5. The molecule has 8 fully saturated rings. The van der Waals surface area contributed by atoms with Gasteiger partial charge in [0.05, 0.1) is 0 Å². The zero-order chi connectivity index (χ0) is 35.5. The van der Waals surface area contributed by atoms with Gasteiger partial charge in [0.15, 0.2) is 13.4 Å². The van der Waals surface area contributed by atoms with Crippen LogP contribution in [-0.2, 0) is 0 Å². The summed E-state index contributed by atoms with van der Waals surface area (Å²) < 4.78 is 7.13. The van der Waals surface area contributed by atoms with Crippen molar-refractivity contribution in [2.75, 3.05) is 0 Å². The zero-order valence-electron chi connectivity index (χ0n) is 32.7. The monoisotopic (exact) mass is 718 g/mol. The molecular formula is C52H56B2O. The van der Waals surface area contributed by atoms with E-state index in [4.69, 9.17) is 4.74 Å². The largest absolute Gasteiger partial charge is 0.456 e. The van der Waals surface area contributed by atoms with E-state index in [0.29, 0.717) is 13.4 Å². The van der Waals surface area contributed by atoms with Crippen LogP contribution < -0.4 is 15.7 Å². The van der Waals surface area contributed by atoms with E-state index in [2.05, 4.69) is 72.8 Å². The molecule has 14 rings (SSSR count). The molecule has 9 aliphatic rings. The fourth-order valence-corrected chi connectivity index (χ4v) is 17.3. The fourth-order valence-electron chi connectivity index (χ4n) is 17.3. The van der Waals surface area contributed by atoms with Gasteiger partial charge in [-0.15, -0.1) is 0 Å². The Hall–Kier alpha value is -3.19. The van der Waals surface area contributed by atoms with Crippen LogP contribution in [0.5, 0.6) is 11.5 Å². The summed E-state index contributed by atoms with van der Waals surface area (Å²) in [5, 5.41) is 8.67. The summed E-state index contributed by atoms with van der Waals surface area (Å²) in [6.07, 6.45) is 23.9. The number of benzene rings is 5. The Labute approximate surface area is 328 Å². The van der Waals surface area contributed by atoms with Gasteiger partial charge in [0, 0.05) is 10.9 Å². The molecule has 0 amide bonds. The molecule has 5 aromatic rings. The van der Waals surface area contributed by atoms with Crippen LogP contribution >= 0.6 is 0 Å². The lowest BCUT2D eigenvalue weighted by Gasteiger charge is -2.37. The normalized spacial score (nSPS) is 37.2. The molecule has 55 heavy (non-hydrogen) atoms. The fraction of sp³-hybridized carbons (Fsp3) is 0.538. The van der Waals surface area contributed by atoms with E-state index >= 15 is 0 Å². The molecule has 0 saturated heterocycles. The Bertz CT molecular complexity index is 2360. The summed E-state index contributed by atoms with van der Waals surface area (Å²) in [5.41, 5.74) is 6.00. The minimum absolute atomic E-state index is 0.708. The van der Waals surface area contributed by atoms with Crippen molar-refractivity contribution in [2.45, 2.75) is 126 Å². The van der Waals surface area contributed by atoms with Gasteiger partial charge in [-0.2, -0.15) is 0 Å². The number of hydrogen-bond acceptors (Lipinski definition) is 1. The lowest BCUT2D eigenvalue weighted by atomic mass is 9.26. The van der Waals surface area contributed by atoms with Crippen molar-refractivity contribution in [1.82, 2.24) is 0 Å². The van der Waals surface area contributed by atoms with Crippen LogP contribution in [0.2, 0.25) is 23.3 Å². The average molecular weight is 719 g/mol. The van der Waals surface area contributed by atoms with Crippen LogP contribution in [0, 0.1) is 47.3 Å². The van der Waals surface area contributed by atoms with Gasteiger partial charge in [-0.3, -0.25) is 0 Å². The van der Waals surface area contributed by atoms with Crippen LogP contribution in [0.15, 0.2) is 72.8 Å². The minimum atomic E-state index is 0.708. The highest BCUT2D eigenvalue weighted by molar-refractivity contribution is 6.79. The maximum Gasteiger partial charge on any atom is 0.183 e. The summed E-state index contributed by atoms with van der Waals surface area (Å²) in [4.78, 5) is 0. The van der Waals surface area contributed by atoms with Crippen molar-refractivity contribution in [1.29, 1.82) is 0 Å². The highest BCUT2D eigenvalue weighted by Crippen LogP contribution is 2.62. The number of ether oxygens (including phenoxy) is 1. The third kappa shape index (κ3) is 4.57. The molecule has 0 N–H and O–H groups in total. The topological polar surface area (TPSA) is 9.23 Å². The molecule has 0 radical (unpaired) electrons. The Morgan fingerprint density at radius 2 is 0.945 bits per heavy atom. The third-order valence-electron chi connectivity index (χ3n) is 19.3. The zero-order valence-corrected chi connectivity index (χ0v) is 32.7. The molecule has 5 aromatic carbocycles. The Morgan fingerprint density at radius 1 is 0.400 bits per heavy atom. The third-order valence-corrected chi connectivity index (χ3v) is 19.3. The van der Waals surface area contributed by atoms with Gasteiger partial charge in [0.1, 0.15) is 11.5 Å². The molecule has 12 atom stereocenters. The standard InChI is InChI=1S/C52H56B2O/c1-2-5-39-38(4-1)42-27-44-40-17-16-37(53(45-22-29-8-12-33(45)18-29)46-23-30-9-13-34(46)19-30)26-51(40)55-50-7-3-6-41(52(44)50)43(42)28-49(39)54(47-24-31-10-14-35(47)20-31)48-25-32-11-15-36(48)21-32/h1-7,16-17,26-36,45-48H,8-15,18-25H2. The van der Waals surface area contributed by atoms with Gasteiger partial charge in [-0.05, 0) is 124 Å². The highest BCUT2D eigenvalue weighted by Gasteiger charge is 2.54. The first-order valence-electron chi connectivity index (χ1n) is 23.4. The molecule has 12 unspecified atom stereocenters. The molecule has 3 heteroatoms. The molecule has 8 aliphatic carbocycles. The predicted octanol–water partition coefficient (Wildman–Crippen LogP) is 13.1. The summed E-state index contributed by atoms with van der Waals surface area (Å²) >= 11 is 0. The quantitative estimate of drug-likeness (QED) is 0.123. The van der Waals surface area contributed by atoms with Crippen LogP contribution in [0.3, 0.4) is 0 Å². The van der Waals surface area contributed by atoms with Crippen LogP contribution in [0.25, 0.3) is 43.4 Å². The van der Waals surface area contributed by atoms with Gasteiger partial charge in [0.25, 0.3) is 0 Å². The molecule has 1 nitrogen and oxygen atoms in total. The Morgan fingerprint density at radius 3 is 1.51 bits per heavy atom. The van der Waals surface area contributed by atoms with Crippen molar-refractivity contribution in [3.8, 4) is 22.6 Å². The lowest BCUT2D eigenvalue weighted by Crippen LogP contribution is -2.43. The van der Waals surface area contributed by atoms with Gasteiger partial charge < -0.3 is 4.74 Å². The van der Waals surface area contributed by atoms with Crippen molar-refractivity contribution in [3.05, 3.63) is 72.8 Å². The van der Waals surface area contributed by atoms with E-state index in [-0.39, 0.29) is 0 Å². The van der Waals surface area contributed by atoms with Gasteiger partial charge in [0.2, 0.25) is 0 Å². The molecule has 1 heterocycles. The maximum atomic E-state index is 7.13. The van der Waals surface area contributed by atoms with Crippen LogP contribution in [0.4, 0.5) is 0 Å². The Kier molecular flexibility index (Phi) is 6.77. The minimum Gasteiger partial charge on any atom is -0.456 e. The first kappa shape index (κ1) is 31.8. The molecular weight excluding hydrogens is 662 g/mol. The van der Waals surface area contributed by atoms with Gasteiger partial charge >= 0.3 is 0 Å². The first-order valence-corrected chi connectivity index (χ1v) is 23.4. The number of hydrogen-bond donors (Lipinski definition) is 0. The van der Waals surface area contributed by atoms with E-state index in [1.807, 2.05) is 0 Å². The second-order valence-electron chi connectivity index (χ2n) is 21.5. The van der Waals surface area contributed by atoms with Crippen molar-refractivity contribution in [3.63, 3.8) is 0 Å². The van der Waals surface area contributed by atoms with Crippen LogP contribution in [0.1, 0.15) is 103 Å². The second-order valence-corrected chi connectivity index (χ2v) is 21.5.